The van der Waals surface area contributed by atoms with Gasteiger partial charge in [0, 0.05) is 85.0 Å². The van der Waals surface area contributed by atoms with Crippen molar-refractivity contribution in [2.24, 2.45) is 0 Å². The largest absolute Gasteiger partial charge is 0.355 e. The Kier molecular flexibility index (Phi) is 9.68. The van der Waals surface area contributed by atoms with Crippen LogP contribution in [0, 0.1) is 0 Å². The van der Waals surface area contributed by atoms with E-state index in [4.69, 9.17) is 0 Å². The van der Waals surface area contributed by atoms with Crippen LogP contribution >= 0.6 is 22.7 Å². The number of benzene rings is 9. The molecular formula is C71H60BN2S2. The second-order valence-corrected chi connectivity index (χ2v) is 27.2. The van der Waals surface area contributed by atoms with Gasteiger partial charge in [-0.2, -0.15) is 0 Å². The van der Waals surface area contributed by atoms with E-state index >= 15 is 0 Å². The van der Waals surface area contributed by atoms with E-state index in [0.717, 1.165) is 11.4 Å². The van der Waals surface area contributed by atoms with Crippen molar-refractivity contribution in [1.82, 2.24) is 4.57 Å². The van der Waals surface area contributed by atoms with Gasteiger partial charge in [-0.15, -0.1) is 22.7 Å². The van der Waals surface area contributed by atoms with Crippen molar-refractivity contribution < 1.29 is 0 Å². The van der Waals surface area contributed by atoms with Crippen LogP contribution in [-0.2, 0) is 21.7 Å². The Morgan fingerprint density at radius 3 is 1.89 bits per heavy atom. The minimum Gasteiger partial charge on any atom is -0.355 e. The topological polar surface area (TPSA) is 17.0 Å². The first-order valence-corrected chi connectivity index (χ1v) is 28.9. The van der Waals surface area contributed by atoms with Crippen LogP contribution in [-0.4, -0.2) is 11.8 Å². The third kappa shape index (κ3) is 6.70. The van der Waals surface area contributed by atoms with Gasteiger partial charge in [-0.05, 0) is 151 Å². The normalized spacial score (nSPS) is 15.8. The van der Waals surface area contributed by atoms with E-state index in [9.17, 15) is 0 Å². The van der Waals surface area contributed by atoms with Crippen LogP contribution < -0.4 is 16.2 Å². The molecule has 369 valence electrons. The number of aromatic nitrogens is 1. The number of thiophene rings is 2. The summed E-state index contributed by atoms with van der Waals surface area (Å²) in [5.41, 5.74) is 24.7. The average molecular weight is 1020 g/mol. The van der Waals surface area contributed by atoms with Gasteiger partial charge >= 0.3 is 0 Å². The number of nitrogens with one attached hydrogen (secondary N) is 1. The molecular weight excluding hydrogens is 956 g/mol. The summed E-state index contributed by atoms with van der Waals surface area (Å²) in [7, 11) is 2.53. The number of nitrogens with zero attached hydrogens (tertiary/aromatic N) is 1. The summed E-state index contributed by atoms with van der Waals surface area (Å²) in [6, 6.07) is 65.3. The second kappa shape index (κ2) is 15.9. The van der Waals surface area contributed by atoms with Crippen LogP contribution in [0.4, 0.5) is 11.4 Å². The van der Waals surface area contributed by atoms with Gasteiger partial charge in [-0.1, -0.05) is 177 Å². The highest BCUT2D eigenvalue weighted by molar-refractivity contribution is 7.26. The first-order chi connectivity index (χ1) is 36.5. The second-order valence-electron chi connectivity index (χ2n) is 25.0. The number of fused-ring (bicyclic) bond motifs is 13. The molecule has 1 aliphatic heterocycles. The molecule has 0 saturated heterocycles. The molecule has 9 aromatic carbocycles. The van der Waals surface area contributed by atoms with Gasteiger partial charge in [0.2, 0.25) is 0 Å². The summed E-state index contributed by atoms with van der Waals surface area (Å²) >= 11 is 3.82. The fraction of sp³-hybridized carbons (Fsp3) is 0.211. The zero-order valence-electron chi connectivity index (χ0n) is 44.9. The molecule has 0 amide bonds. The third-order valence-electron chi connectivity index (χ3n) is 18.0. The predicted octanol–water partition coefficient (Wildman–Crippen LogP) is 19.0. The molecule has 0 fully saturated rings. The monoisotopic (exact) mass is 1020 g/mol. The minimum absolute atomic E-state index is 0.0567. The number of rotatable bonds is 5. The molecule has 15 rings (SSSR count). The quantitative estimate of drug-likeness (QED) is 0.170. The molecule has 3 aromatic heterocycles. The van der Waals surface area contributed by atoms with E-state index in [-0.39, 0.29) is 21.7 Å². The van der Waals surface area contributed by atoms with Gasteiger partial charge in [0.25, 0.3) is 0 Å². The lowest BCUT2D eigenvalue weighted by Crippen LogP contribution is -2.37. The maximum atomic E-state index is 4.09. The van der Waals surface area contributed by atoms with Gasteiger partial charge in [-0.3, -0.25) is 0 Å². The SMILES string of the molecule is CC(C)(C)c1ccc(Nc2cc3c(cc2-c2ccc4c5cc6c(cc5n5c4c2[B]c2cc4sc(-c7ccccc7)c(-c7ccccc7)c4cc2-5)sc2ccccc26)-c2cc4c(cc2C3(C)C)C(C)(C)CCC4(C)C)cc1. The van der Waals surface area contributed by atoms with E-state index in [1.165, 1.54) is 153 Å². The average Bonchev–Trinajstić information content (AvgIpc) is 4.24. The molecule has 0 bridgehead atoms. The lowest BCUT2D eigenvalue weighted by molar-refractivity contribution is 0.331. The molecule has 5 heteroatoms. The maximum absolute atomic E-state index is 4.09. The van der Waals surface area contributed by atoms with Crippen LogP contribution in [0.5, 0.6) is 0 Å². The molecule has 76 heavy (non-hydrogen) atoms. The standard InChI is InChI=1S/C71H60BN2S2/c1-68(2,3)42-24-26-43(27-25-42)73-58-37-54-47(48-34-55-56(36-53(48)71(54,8)9)70(6,7)31-30-69(55,4)5)32-49(58)45-28-29-46-50-33-51-44-22-16-17-23-61(44)75-63(51)39-59(50)74-60-35-52-62(38-57(60)72-65(45)66(46)74)76-67(41-20-14-11-15-21-41)64(52)40-18-12-10-13-19-40/h10-29,32-39,73H,30-31H2,1-9H3. The summed E-state index contributed by atoms with van der Waals surface area (Å²) in [5, 5.41) is 10.6. The Hall–Kier alpha value is -7.18. The molecule has 1 radical (unpaired) electrons. The minimum atomic E-state index is -0.196. The first kappa shape index (κ1) is 46.2. The predicted molar refractivity (Wildman–Crippen MR) is 332 cm³/mol. The van der Waals surface area contributed by atoms with Crippen LogP contribution in [0.2, 0.25) is 0 Å². The molecule has 0 atom stereocenters. The van der Waals surface area contributed by atoms with Crippen molar-refractivity contribution in [2.45, 2.75) is 96.8 Å². The molecule has 12 aromatic rings. The van der Waals surface area contributed by atoms with E-state index < -0.39 is 0 Å². The number of anilines is 2. The summed E-state index contributed by atoms with van der Waals surface area (Å²) in [5.74, 6) is 0. The molecule has 4 heterocycles. The molecule has 3 aliphatic rings. The zero-order chi connectivity index (χ0) is 51.8. The van der Waals surface area contributed by atoms with Gasteiger partial charge in [0.1, 0.15) is 0 Å². The number of hydrogen-bond donors (Lipinski definition) is 1. The lowest BCUT2D eigenvalue weighted by Gasteiger charge is -2.42. The van der Waals surface area contributed by atoms with Crippen LogP contribution in [0.1, 0.15) is 103 Å². The van der Waals surface area contributed by atoms with Crippen LogP contribution in [0.3, 0.4) is 0 Å². The van der Waals surface area contributed by atoms with Gasteiger partial charge < -0.3 is 9.88 Å². The Labute approximate surface area is 455 Å². The zero-order valence-corrected chi connectivity index (χ0v) is 46.6. The van der Waals surface area contributed by atoms with Crippen molar-refractivity contribution >= 4 is 104 Å². The molecule has 0 spiro atoms. The molecule has 2 aliphatic carbocycles. The van der Waals surface area contributed by atoms with Crippen molar-refractivity contribution in [1.29, 1.82) is 0 Å². The van der Waals surface area contributed by atoms with E-state index in [1.807, 2.05) is 22.7 Å². The summed E-state index contributed by atoms with van der Waals surface area (Å²) in [6.45, 7) is 21.6. The Bertz CT molecular complexity index is 4440. The van der Waals surface area contributed by atoms with E-state index in [2.05, 4.69) is 249 Å². The van der Waals surface area contributed by atoms with Crippen molar-refractivity contribution in [3.63, 3.8) is 0 Å². The highest BCUT2D eigenvalue weighted by Gasteiger charge is 2.43. The number of hydrogen-bond acceptors (Lipinski definition) is 3. The third-order valence-corrected chi connectivity index (χ3v) is 20.4. The van der Waals surface area contributed by atoms with Crippen molar-refractivity contribution in [3.05, 3.63) is 198 Å². The van der Waals surface area contributed by atoms with Gasteiger partial charge in [0.05, 0.1) is 5.52 Å². The maximum Gasteiger partial charge on any atom is 0.197 e. The molecule has 0 saturated carbocycles. The first-order valence-electron chi connectivity index (χ1n) is 27.3. The smallest absolute Gasteiger partial charge is 0.197 e. The molecule has 0 unspecified atom stereocenters. The fourth-order valence-electron chi connectivity index (χ4n) is 13.6. The Morgan fingerprint density at radius 1 is 0.500 bits per heavy atom. The Morgan fingerprint density at radius 2 is 1.16 bits per heavy atom. The van der Waals surface area contributed by atoms with Crippen molar-refractivity contribution in [2.75, 3.05) is 5.32 Å². The Balaban J connectivity index is 1.02. The van der Waals surface area contributed by atoms with Gasteiger partial charge in [0.15, 0.2) is 7.28 Å². The molecule has 2 nitrogen and oxygen atoms in total. The highest BCUT2D eigenvalue weighted by atomic mass is 32.1. The summed E-state index contributed by atoms with van der Waals surface area (Å²) < 4.78 is 6.57. The summed E-state index contributed by atoms with van der Waals surface area (Å²) in [4.78, 5) is 1.30. The molecule has 1 N–H and O–H groups in total. The summed E-state index contributed by atoms with van der Waals surface area (Å²) in [6.07, 6.45) is 2.38. The van der Waals surface area contributed by atoms with Gasteiger partial charge in [-0.25, -0.2) is 0 Å². The van der Waals surface area contributed by atoms with E-state index in [1.54, 1.807) is 0 Å². The highest BCUT2D eigenvalue weighted by Crippen LogP contribution is 2.57. The van der Waals surface area contributed by atoms with Crippen LogP contribution in [0.25, 0.3) is 102 Å². The van der Waals surface area contributed by atoms with E-state index in [0.29, 0.717) is 0 Å². The van der Waals surface area contributed by atoms with Crippen LogP contribution in [0.15, 0.2) is 170 Å². The van der Waals surface area contributed by atoms with Crippen molar-refractivity contribution in [3.8, 4) is 49.5 Å². The fourth-order valence-corrected chi connectivity index (χ4v) is 16.0. The lowest BCUT2D eigenvalue weighted by atomic mass is 9.59.